The normalized spacial score (nSPS) is 16.9. The average Bonchev–Trinajstić information content (AvgIpc) is 2.16. The van der Waals surface area contributed by atoms with E-state index in [1.165, 1.54) is 0 Å². The van der Waals surface area contributed by atoms with Crippen molar-refractivity contribution in [1.82, 2.24) is 5.32 Å². The first-order valence-electron chi connectivity index (χ1n) is 4.85. The highest BCUT2D eigenvalue weighted by Gasteiger charge is 2.13. The Bertz CT molecular complexity index is 293. The third-order valence-electron chi connectivity index (χ3n) is 2.23. The van der Waals surface area contributed by atoms with Crippen LogP contribution in [-0.4, -0.2) is 19.3 Å². The molecule has 0 unspecified atom stereocenters. The number of nitrogens with one attached hydrogen (secondary N) is 1. The fourth-order valence-corrected chi connectivity index (χ4v) is 1.23. The van der Waals surface area contributed by atoms with Gasteiger partial charge in [-0.15, -0.1) is 0 Å². The maximum absolute atomic E-state index is 5.17. The molecule has 0 bridgehead atoms. The third-order valence-corrected chi connectivity index (χ3v) is 2.23. The topological polar surface area (TPSA) is 33.6 Å². The lowest BCUT2D eigenvalue weighted by atomic mass is 10.1. The second-order valence-electron chi connectivity index (χ2n) is 3.43. The van der Waals surface area contributed by atoms with E-state index in [-0.39, 0.29) is 0 Å². The van der Waals surface area contributed by atoms with Gasteiger partial charge in [0.2, 0.25) is 0 Å². The summed E-state index contributed by atoms with van der Waals surface area (Å²) in [4.78, 5) is 5.17. The molecular weight excluding hydrogens is 176 g/mol. The molecule has 0 radical (unpaired) electrons. The molecule has 0 atom stereocenters. The van der Waals surface area contributed by atoms with Crippen molar-refractivity contribution in [3.63, 3.8) is 0 Å². The quantitative estimate of drug-likeness (QED) is 0.575. The summed E-state index contributed by atoms with van der Waals surface area (Å²) < 4.78 is 0. The van der Waals surface area contributed by atoms with Crippen LogP contribution in [0.2, 0.25) is 0 Å². The summed E-state index contributed by atoms with van der Waals surface area (Å²) in [6.07, 6.45) is 1.87. The summed E-state index contributed by atoms with van der Waals surface area (Å²) in [6.45, 7) is 2.61. The first-order valence-corrected chi connectivity index (χ1v) is 4.85. The van der Waals surface area contributed by atoms with Crippen LogP contribution in [-0.2, 0) is 11.4 Å². The molecular formula is C11H14N2O. The standard InChI is InChI=1S/C11H14N2O/c1-2-4-10(5-3-1)9-14-13-8-11-6-12-7-11/h1-5,8,11-12H,6-7,9H2. The highest BCUT2D eigenvalue weighted by molar-refractivity contribution is 5.61. The molecule has 1 saturated heterocycles. The van der Waals surface area contributed by atoms with Gasteiger partial charge in [0.05, 0.1) is 0 Å². The lowest BCUT2D eigenvalue weighted by Crippen LogP contribution is -2.42. The largest absolute Gasteiger partial charge is 0.391 e. The molecule has 74 valence electrons. The molecule has 1 aromatic carbocycles. The zero-order valence-corrected chi connectivity index (χ0v) is 8.02. The monoisotopic (exact) mass is 190 g/mol. The van der Waals surface area contributed by atoms with Crippen LogP contribution in [0.3, 0.4) is 0 Å². The van der Waals surface area contributed by atoms with Gasteiger partial charge in [-0.1, -0.05) is 35.5 Å². The number of nitrogens with zero attached hydrogens (tertiary/aromatic N) is 1. The highest BCUT2D eigenvalue weighted by atomic mass is 16.6. The van der Waals surface area contributed by atoms with Gasteiger partial charge in [-0.3, -0.25) is 0 Å². The van der Waals surface area contributed by atoms with E-state index in [2.05, 4.69) is 10.5 Å². The predicted molar refractivity (Wildman–Crippen MR) is 56.1 cm³/mol. The third kappa shape index (κ3) is 2.57. The van der Waals surface area contributed by atoms with Gasteiger partial charge in [0.25, 0.3) is 0 Å². The van der Waals surface area contributed by atoms with Crippen LogP contribution in [0.5, 0.6) is 0 Å². The molecule has 3 nitrogen and oxygen atoms in total. The van der Waals surface area contributed by atoms with Gasteiger partial charge in [-0.25, -0.2) is 0 Å². The van der Waals surface area contributed by atoms with Crippen LogP contribution in [0.4, 0.5) is 0 Å². The molecule has 0 aliphatic carbocycles. The molecule has 1 aromatic rings. The molecule has 1 fully saturated rings. The predicted octanol–water partition coefficient (Wildman–Crippen LogP) is 1.41. The van der Waals surface area contributed by atoms with Crippen LogP contribution in [0.15, 0.2) is 35.5 Å². The Kier molecular flexibility index (Phi) is 3.14. The van der Waals surface area contributed by atoms with E-state index in [9.17, 15) is 0 Å². The minimum Gasteiger partial charge on any atom is -0.391 e. The Morgan fingerprint density at radius 3 is 2.79 bits per heavy atom. The summed E-state index contributed by atoms with van der Waals surface area (Å²) in [5, 5.41) is 7.10. The van der Waals surface area contributed by atoms with E-state index in [1.807, 2.05) is 36.5 Å². The summed E-state index contributed by atoms with van der Waals surface area (Å²) in [7, 11) is 0. The second kappa shape index (κ2) is 4.77. The van der Waals surface area contributed by atoms with Gasteiger partial charge in [0, 0.05) is 25.2 Å². The molecule has 1 N–H and O–H groups in total. The van der Waals surface area contributed by atoms with Crippen molar-refractivity contribution in [3.8, 4) is 0 Å². The zero-order valence-electron chi connectivity index (χ0n) is 8.02. The van der Waals surface area contributed by atoms with Gasteiger partial charge in [0.15, 0.2) is 0 Å². The SMILES string of the molecule is C(=NOCc1ccccc1)C1CNC1. The van der Waals surface area contributed by atoms with Crippen LogP contribution in [0.25, 0.3) is 0 Å². The summed E-state index contributed by atoms with van der Waals surface area (Å²) >= 11 is 0. The summed E-state index contributed by atoms with van der Waals surface area (Å²) in [5.74, 6) is 0.561. The van der Waals surface area contributed by atoms with Crippen LogP contribution in [0, 0.1) is 5.92 Å². The van der Waals surface area contributed by atoms with E-state index >= 15 is 0 Å². The van der Waals surface area contributed by atoms with E-state index in [4.69, 9.17) is 4.84 Å². The Morgan fingerprint density at radius 1 is 1.36 bits per heavy atom. The lowest BCUT2D eigenvalue weighted by Gasteiger charge is -2.22. The van der Waals surface area contributed by atoms with Crippen LogP contribution in [0.1, 0.15) is 5.56 Å². The molecule has 14 heavy (non-hydrogen) atoms. The van der Waals surface area contributed by atoms with Crippen molar-refractivity contribution >= 4 is 6.21 Å². The maximum atomic E-state index is 5.17. The first kappa shape index (κ1) is 9.21. The molecule has 0 amide bonds. The van der Waals surface area contributed by atoms with Gasteiger partial charge >= 0.3 is 0 Å². The zero-order chi connectivity index (χ0) is 9.64. The number of benzene rings is 1. The minimum atomic E-state index is 0.553. The Morgan fingerprint density at radius 2 is 2.14 bits per heavy atom. The number of oxime groups is 1. The average molecular weight is 190 g/mol. The molecule has 0 saturated carbocycles. The van der Waals surface area contributed by atoms with Crippen LogP contribution < -0.4 is 5.32 Å². The molecule has 2 rings (SSSR count). The minimum absolute atomic E-state index is 0.553. The maximum Gasteiger partial charge on any atom is 0.142 e. The summed E-state index contributed by atoms with van der Waals surface area (Å²) in [5.41, 5.74) is 1.15. The first-order chi connectivity index (χ1) is 6.95. The Balaban J connectivity index is 1.69. The molecule has 0 aromatic heterocycles. The Hall–Kier alpha value is -1.35. The van der Waals surface area contributed by atoms with E-state index in [0.717, 1.165) is 18.7 Å². The second-order valence-corrected chi connectivity index (χ2v) is 3.43. The van der Waals surface area contributed by atoms with E-state index in [1.54, 1.807) is 0 Å². The van der Waals surface area contributed by atoms with Gasteiger partial charge in [-0.2, -0.15) is 0 Å². The molecule has 1 heterocycles. The van der Waals surface area contributed by atoms with Crippen LogP contribution >= 0.6 is 0 Å². The molecule has 3 heteroatoms. The molecule has 1 aliphatic heterocycles. The summed E-state index contributed by atoms with van der Waals surface area (Å²) in [6, 6.07) is 10.0. The smallest absolute Gasteiger partial charge is 0.142 e. The number of rotatable bonds is 4. The molecule has 1 aliphatic rings. The van der Waals surface area contributed by atoms with Crippen molar-refractivity contribution in [2.24, 2.45) is 11.1 Å². The highest BCUT2D eigenvalue weighted by Crippen LogP contribution is 2.02. The van der Waals surface area contributed by atoms with Gasteiger partial charge in [0.1, 0.15) is 6.61 Å². The lowest BCUT2D eigenvalue weighted by molar-refractivity contribution is 0.130. The number of hydrogen-bond donors (Lipinski definition) is 1. The van der Waals surface area contributed by atoms with Crippen molar-refractivity contribution in [3.05, 3.63) is 35.9 Å². The molecule has 0 spiro atoms. The fourth-order valence-electron chi connectivity index (χ4n) is 1.23. The van der Waals surface area contributed by atoms with Crippen molar-refractivity contribution in [1.29, 1.82) is 0 Å². The van der Waals surface area contributed by atoms with E-state index < -0.39 is 0 Å². The number of hydrogen-bond acceptors (Lipinski definition) is 3. The Labute approximate surface area is 83.8 Å². The fraction of sp³-hybridized carbons (Fsp3) is 0.364. The van der Waals surface area contributed by atoms with E-state index in [0.29, 0.717) is 12.5 Å². The van der Waals surface area contributed by atoms with Crippen molar-refractivity contribution < 1.29 is 4.84 Å². The van der Waals surface area contributed by atoms with Crippen molar-refractivity contribution in [2.45, 2.75) is 6.61 Å². The van der Waals surface area contributed by atoms with Gasteiger partial charge < -0.3 is 10.2 Å². The van der Waals surface area contributed by atoms with Crippen molar-refractivity contribution in [2.75, 3.05) is 13.1 Å². The van der Waals surface area contributed by atoms with Gasteiger partial charge in [-0.05, 0) is 5.56 Å².